The molecular weight excluding hydrogens is 438 g/mol. The monoisotopic (exact) mass is 465 g/mol. The molecule has 1 saturated heterocycles. The van der Waals surface area contributed by atoms with Crippen molar-refractivity contribution in [3.8, 4) is 11.6 Å². The summed E-state index contributed by atoms with van der Waals surface area (Å²) in [6.45, 7) is 2.11. The number of nitrogens with two attached hydrogens (primary N) is 1. The Balaban J connectivity index is 1.55. The number of carbonyl (C=O) groups excluding carboxylic acids is 1. The molecule has 1 aliphatic heterocycles. The maximum absolute atomic E-state index is 11.3. The first-order valence-electron chi connectivity index (χ1n) is 10.5. The molecule has 1 aliphatic rings. The number of hydrogen-bond donors (Lipinski definition) is 1. The predicted octanol–water partition coefficient (Wildman–Crippen LogP) is 3.06. The number of carbonyl (C=O) groups is 1. The molecule has 1 aromatic heterocycles. The molecule has 0 atom stereocenters. The van der Waals surface area contributed by atoms with E-state index in [-0.39, 0.29) is 0 Å². The predicted molar refractivity (Wildman–Crippen MR) is 128 cm³/mol. The van der Waals surface area contributed by atoms with Crippen LogP contribution in [0.15, 0.2) is 64.5 Å². The highest BCUT2D eigenvalue weighted by atomic mass is 32.2. The Morgan fingerprint density at radius 3 is 2.64 bits per heavy atom. The van der Waals surface area contributed by atoms with Crippen LogP contribution in [-0.4, -0.2) is 61.1 Å². The molecule has 2 N–H and O–H groups in total. The molecule has 2 heterocycles. The van der Waals surface area contributed by atoms with Crippen molar-refractivity contribution in [3.05, 3.63) is 65.9 Å². The van der Waals surface area contributed by atoms with E-state index in [4.69, 9.17) is 20.2 Å². The zero-order valence-electron chi connectivity index (χ0n) is 18.9. The average Bonchev–Trinajstić information content (AvgIpc) is 2.78. The third kappa shape index (κ3) is 5.55. The number of likely N-dealkylation sites (N-methyl/N-ethyl adjacent to an activating group) is 1. The fourth-order valence-electron chi connectivity index (χ4n) is 3.35. The van der Waals surface area contributed by atoms with Crippen molar-refractivity contribution in [1.29, 1.82) is 0 Å². The standard InChI is InChI=1S/C24H27N5O3S/c1-28(2)18-13-29(14-18)24-26-12-21(33-20-9-7-17(8-10-20)22(25)30)23(27-24)32-15-16-5-4-6-19(11-16)31-3/h4-12,18H,13-15H2,1-3H3,(H2,25,30). The third-order valence-corrected chi connectivity index (χ3v) is 6.47. The summed E-state index contributed by atoms with van der Waals surface area (Å²) in [5.74, 6) is 1.49. The summed E-state index contributed by atoms with van der Waals surface area (Å²) in [7, 11) is 5.80. The van der Waals surface area contributed by atoms with Crippen molar-refractivity contribution < 1.29 is 14.3 Å². The second-order valence-electron chi connectivity index (χ2n) is 7.99. The number of rotatable bonds is 9. The Labute approximate surface area is 197 Å². The molecule has 172 valence electrons. The van der Waals surface area contributed by atoms with Crippen LogP contribution >= 0.6 is 11.8 Å². The van der Waals surface area contributed by atoms with Crippen LogP contribution in [0.3, 0.4) is 0 Å². The number of amides is 1. The fourth-order valence-corrected chi connectivity index (χ4v) is 4.17. The summed E-state index contributed by atoms with van der Waals surface area (Å²) in [6, 6.07) is 15.4. The molecule has 0 bridgehead atoms. The molecule has 3 aromatic rings. The maximum atomic E-state index is 11.3. The number of methoxy groups -OCH3 is 1. The second kappa shape index (κ2) is 10.1. The molecule has 1 amide bonds. The van der Waals surface area contributed by atoms with Crippen LogP contribution in [0.1, 0.15) is 15.9 Å². The molecule has 8 nitrogen and oxygen atoms in total. The lowest BCUT2D eigenvalue weighted by molar-refractivity contribution is 0.1000. The molecule has 0 unspecified atom stereocenters. The molecule has 0 spiro atoms. The second-order valence-corrected chi connectivity index (χ2v) is 9.11. The van der Waals surface area contributed by atoms with E-state index < -0.39 is 5.91 Å². The molecule has 2 aromatic carbocycles. The van der Waals surface area contributed by atoms with Gasteiger partial charge in [0.2, 0.25) is 17.7 Å². The molecule has 4 rings (SSSR count). The Bertz CT molecular complexity index is 1120. The van der Waals surface area contributed by atoms with Gasteiger partial charge in [-0.3, -0.25) is 4.79 Å². The van der Waals surface area contributed by atoms with Gasteiger partial charge in [-0.05, 0) is 56.1 Å². The SMILES string of the molecule is COc1cccc(COc2nc(N3CC(N(C)C)C3)ncc2Sc2ccc(C(N)=O)cc2)c1. The summed E-state index contributed by atoms with van der Waals surface area (Å²) in [4.78, 5) is 26.7. The Morgan fingerprint density at radius 1 is 1.21 bits per heavy atom. The van der Waals surface area contributed by atoms with Gasteiger partial charge in [-0.2, -0.15) is 4.98 Å². The maximum Gasteiger partial charge on any atom is 0.248 e. The van der Waals surface area contributed by atoms with E-state index in [1.54, 1.807) is 25.4 Å². The van der Waals surface area contributed by atoms with Crippen LogP contribution in [0.2, 0.25) is 0 Å². The van der Waals surface area contributed by atoms with Gasteiger partial charge in [0.25, 0.3) is 0 Å². The van der Waals surface area contributed by atoms with E-state index in [2.05, 4.69) is 28.9 Å². The first-order valence-corrected chi connectivity index (χ1v) is 11.4. The minimum absolute atomic E-state index is 0.349. The number of ether oxygens (including phenoxy) is 2. The molecule has 1 fully saturated rings. The molecular formula is C24H27N5O3S. The van der Waals surface area contributed by atoms with Crippen molar-refractivity contribution in [3.63, 3.8) is 0 Å². The van der Waals surface area contributed by atoms with Gasteiger partial charge in [0.15, 0.2) is 0 Å². The molecule has 0 radical (unpaired) electrons. The number of benzene rings is 2. The molecule has 9 heteroatoms. The zero-order chi connectivity index (χ0) is 23.4. The van der Waals surface area contributed by atoms with E-state index in [1.807, 2.05) is 36.4 Å². The van der Waals surface area contributed by atoms with Gasteiger partial charge >= 0.3 is 0 Å². The third-order valence-electron chi connectivity index (χ3n) is 5.46. The first-order chi connectivity index (χ1) is 15.9. The largest absolute Gasteiger partial charge is 0.497 e. The number of nitrogens with zero attached hydrogens (tertiary/aromatic N) is 4. The van der Waals surface area contributed by atoms with Crippen molar-refractivity contribution in [1.82, 2.24) is 14.9 Å². The highest BCUT2D eigenvalue weighted by molar-refractivity contribution is 7.99. The average molecular weight is 466 g/mol. The van der Waals surface area contributed by atoms with Gasteiger partial charge in [0.05, 0.1) is 18.2 Å². The van der Waals surface area contributed by atoms with Crippen LogP contribution < -0.4 is 20.1 Å². The van der Waals surface area contributed by atoms with Crippen LogP contribution in [-0.2, 0) is 6.61 Å². The van der Waals surface area contributed by atoms with Gasteiger partial charge in [-0.25, -0.2) is 4.98 Å². The Kier molecular flexibility index (Phi) is 7.00. The number of aromatic nitrogens is 2. The van der Waals surface area contributed by atoms with E-state index in [0.29, 0.717) is 30.0 Å². The summed E-state index contributed by atoms with van der Waals surface area (Å²) in [5.41, 5.74) is 6.79. The first kappa shape index (κ1) is 22.9. The van der Waals surface area contributed by atoms with E-state index in [1.165, 1.54) is 11.8 Å². The van der Waals surface area contributed by atoms with Gasteiger partial charge in [0.1, 0.15) is 12.4 Å². The summed E-state index contributed by atoms with van der Waals surface area (Å²) in [5, 5.41) is 0. The van der Waals surface area contributed by atoms with Crippen molar-refractivity contribution in [2.75, 3.05) is 39.2 Å². The topological polar surface area (TPSA) is 93.8 Å². The lowest BCUT2D eigenvalue weighted by atomic mass is 10.1. The van der Waals surface area contributed by atoms with E-state index >= 15 is 0 Å². The quantitative estimate of drug-likeness (QED) is 0.515. The summed E-state index contributed by atoms with van der Waals surface area (Å²) >= 11 is 1.48. The molecule has 0 saturated carbocycles. The van der Waals surface area contributed by atoms with Crippen LogP contribution in [0.25, 0.3) is 0 Å². The highest BCUT2D eigenvalue weighted by Gasteiger charge is 2.30. The van der Waals surface area contributed by atoms with Crippen molar-refractivity contribution in [2.24, 2.45) is 5.73 Å². The lowest BCUT2D eigenvalue weighted by Crippen LogP contribution is -2.58. The van der Waals surface area contributed by atoms with Crippen molar-refractivity contribution >= 4 is 23.6 Å². The number of hydrogen-bond acceptors (Lipinski definition) is 8. The summed E-state index contributed by atoms with van der Waals surface area (Å²) in [6.07, 6.45) is 1.79. The number of anilines is 1. The normalized spacial score (nSPS) is 13.6. The van der Waals surface area contributed by atoms with Gasteiger partial charge in [0, 0.05) is 29.6 Å². The minimum atomic E-state index is -0.452. The smallest absolute Gasteiger partial charge is 0.248 e. The lowest BCUT2D eigenvalue weighted by Gasteiger charge is -2.42. The van der Waals surface area contributed by atoms with Crippen LogP contribution in [0.5, 0.6) is 11.6 Å². The van der Waals surface area contributed by atoms with Crippen LogP contribution in [0, 0.1) is 0 Å². The minimum Gasteiger partial charge on any atom is -0.497 e. The summed E-state index contributed by atoms with van der Waals surface area (Å²) < 4.78 is 11.5. The Hall–Kier alpha value is -3.30. The van der Waals surface area contributed by atoms with E-state index in [0.717, 1.165) is 34.2 Å². The number of primary amides is 1. The van der Waals surface area contributed by atoms with Gasteiger partial charge < -0.3 is 25.0 Å². The molecule has 0 aliphatic carbocycles. The van der Waals surface area contributed by atoms with Crippen LogP contribution in [0.4, 0.5) is 5.95 Å². The zero-order valence-corrected chi connectivity index (χ0v) is 19.7. The van der Waals surface area contributed by atoms with Gasteiger partial charge in [-0.1, -0.05) is 23.9 Å². The van der Waals surface area contributed by atoms with Crippen molar-refractivity contribution in [2.45, 2.75) is 22.4 Å². The molecule has 33 heavy (non-hydrogen) atoms. The highest BCUT2D eigenvalue weighted by Crippen LogP contribution is 2.35. The van der Waals surface area contributed by atoms with E-state index in [9.17, 15) is 4.79 Å². The Morgan fingerprint density at radius 2 is 1.97 bits per heavy atom. The fraction of sp³-hybridized carbons (Fsp3) is 0.292. The van der Waals surface area contributed by atoms with Gasteiger partial charge in [-0.15, -0.1) is 0 Å².